The van der Waals surface area contributed by atoms with Crippen LogP contribution in [0, 0.1) is 0 Å². The topological polar surface area (TPSA) is 73.6 Å². The van der Waals surface area contributed by atoms with Gasteiger partial charge in [0.15, 0.2) is 11.5 Å². The number of hydrogen-bond acceptors (Lipinski definition) is 4. The quantitative estimate of drug-likeness (QED) is 0.788. The molecule has 1 aromatic carbocycles. The Bertz CT molecular complexity index is 421. The van der Waals surface area contributed by atoms with Crippen molar-refractivity contribution in [3.8, 4) is 11.5 Å². The van der Waals surface area contributed by atoms with E-state index < -0.39 is 6.03 Å². The maximum Gasteiger partial charge on any atom is 0.322 e. The van der Waals surface area contributed by atoms with E-state index in [0.29, 0.717) is 11.5 Å². The maximum absolute atomic E-state index is 10.4. The van der Waals surface area contributed by atoms with Crippen LogP contribution in [0.15, 0.2) is 23.6 Å². The van der Waals surface area contributed by atoms with Crippen LogP contribution in [-0.2, 0) is 0 Å². The molecule has 6 heteroatoms. The Morgan fingerprint density at radius 1 is 1.35 bits per heavy atom. The average Bonchev–Trinajstić information content (AvgIpc) is 2.34. The van der Waals surface area contributed by atoms with Crippen LogP contribution < -0.4 is 19.9 Å². The molecular weight excluding hydrogens is 240 g/mol. The largest absolute Gasteiger partial charge is 0.493 e. The first-order chi connectivity index (χ1) is 8.17. The van der Waals surface area contributed by atoms with Crippen LogP contribution in [0.3, 0.4) is 0 Å². The highest BCUT2D eigenvalue weighted by molar-refractivity contribution is 8.00. The Morgan fingerprint density at radius 2 is 2.06 bits per heavy atom. The summed E-state index contributed by atoms with van der Waals surface area (Å²) in [5, 5.41) is 1.71. The molecule has 0 aliphatic carbocycles. The zero-order valence-electron chi connectivity index (χ0n) is 9.60. The zero-order chi connectivity index (χ0) is 12.7. The third-order valence-corrected chi connectivity index (χ3v) is 2.49. The van der Waals surface area contributed by atoms with E-state index in [1.807, 2.05) is 24.3 Å². The molecule has 3 N–H and O–H groups in total. The van der Waals surface area contributed by atoms with Crippen molar-refractivity contribution in [3.05, 3.63) is 29.2 Å². The molecule has 92 valence electrons. The van der Waals surface area contributed by atoms with Crippen molar-refractivity contribution in [2.24, 2.45) is 5.73 Å². The summed E-state index contributed by atoms with van der Waals surface area (Å²) in [6.45, 7) is 0. The fraction of sp³-hybridized carbons (Fsp3) is 0.182. The minimum Gasteiger partial charge on any atom is -0.493 e. The van der Waals surface area contributed by atoms with Gasteiger partial charge in [-0.3, -0.25) is 4.72 Å². The molecule has 0 aliphatic heterocycles. The Balaban J connectivity index is 2.68. The van der Waals surface area contributed by atoms with Crippen LogP contribution in [0.2, 0.25) is 0 Å². The number of carbonyl (C=O) groups excluding carboxylic acids is 1. The van der Waals surface area contributed by atoms with Crippen LogP contribution in [0.4, 0.5) is 4.79 Å². The zero-order valence-corrected chi connectivity index (χ0v) is 10.4. The molecule has 0 fully saturated rings. The van der Waals surface area contributed by atoms with Gasteiger partial charge in [-0.15, -0.1) is 0 Å². The van der Waals surface area contributed by atoms with Crippen molar-refractivity contribution < 1.29 is 14.3 Å². The third-order valence-electron chi connectivity index (χ3n) is 1.90. The van der Waals surface area contributed by atoms with Crippen molar-refractivity contribution in [2.75, 3.05) is 14.2 Å². The van der Waals surface area contributed by atoms with Crippen molar-refractivity contribution in [2.45, 2.75) is 0 Å². The van der Waals surface area contributed by atoms with Crippen LogP contribution in [0.5, 0.6) is 11.5 Å². The molecule has 0 saturated carbocycles. The summed E-state index contributed by atoms with van der Waals surface area (Å²) >= 11 is 1.10. The number of ether oxygens (including phenoxy) is 2. The van der Waals surface area contributed by atoms with E-state index in [2.05, 4.69) is 4.72 Å². The Hall–Kier alpha value is -1.82. The lowest BCUT2D eigenvalue weighted by Gasteiger charge is -2.07. The number of amides is 2. The molecule has 0 aromatic heterocycles. The first-order valence-corrected chi connectivity index (χ1v) is 5.65. The van der Waals surface area contributed by atoms with Crippen molar-refractivity contribution >= 4 is 24.1 Å². The Morgan fingerprint density at radius 3 is 2.65 bits per heavy atom. The van der Waals surface area contributed by atoms with Crippen LogP contribution in [-0.4, -0.2) is 20.3 Å². The molecule has 0 spiro atoms. The highest BCUT2D eigenvalue weighted by Gasteiger charge is 2.02. The predicted octanol–water partition coefficient (Wildman–Crippen LogP) is 1.99. The van der Waals surface area contributed by atoms with E-state index in [-0.39, 0.29) is 0 Å². The van der Waals surface area contributed by atoms with Gasteiger partial charge < -0.3 is 15.2 Å². The number of carbonyl (C=O) groups is 1. The minimum absolute atomic E-state index is 0.577. The summed E-state index contributed by atoms with van der Waals surface area (Å²) in [6.07, 6.45) is 1.82. The lowest BCUT2D eigenvalue weighted by Crippen LogP contribution is -2.22. The van der Waals surface area contributed by atoms with Gasteiger partial charge in [-0.25, -0.2) is 4.79 Å². The van der Waals surface area contributed by atoms with E-state index in [9.17, 15) is 4.79 Å². The fourth-order valence-corrected chi connectivity index (χ4v) is 1.57. The lowest BCUT2D eigenvalue weighted by molar-refractivity contribution is 0.254. The smallest absolute Gasteiger partial charge is 0.322 e. The van der Waals surface area contributed by atoms with Gasteiger partial charge in [0, 0.05) is 0 Å². The molecule has 0 saturated heterocycles. The average molecular weight is 254 g/mol. The number of benzene rings is 1. The summed E-state index contributed by atoms with van der Waals surface area (Å²) in [5.41, 5.74) is 5.85. The van der Waals surface area contributed by atoms with Gasteiger partial charge in [-0.2, -0.15) is 0 Å². The summed E-state index contributed by atoms with van der Waals surface area (Å²) in [7, 11) is 3.16. The van der Waals surface area contributed by atoms with Gasteiger partial charge in [0.1, 0.15) is 0 Å². The van der Waals surface area contributed by atoms with Gasteiger partial charge in [0.2, 0.25) is 0 Å². The van der Waals surface area contributed by atoms with E-state index >= 15 is 0 Å². The number of hydrogen-bond donors (Lipinski definition) is 2. The molecule has 0 heterocycles. The Labute approximate surface area is 104 Å². The van der Waals surface area contributed by atoms with Gasteiger partial charge in [0.05, 0.1) is 14.2 Å². The molecule has 1 aromatic rings. The second-order valence-corrected chi connectivity index (χ2v) is 3.71. The molecule has 5 nitrogen and oxygen atoms in total. The second-order valence-electron chi connectivity index (χ2n) is 3.00. The molecule has 0 radical (unpaired) electrons. The molecule has 1 rings (SSSR count). The molecule has 17 heavy (non-hydrogen) atoms. The van der Waals surface area contributed by atoms with E-state index in [0.717, 1.165) is 17.5 Å². The summed E-state index contributed by atoms with van der Waals surface area (Å²) in [6, 6.07) is 4.94. The number of nitrogens with one attached hydrogen (secondary N) is 1. The van der Waals surface area contributed by atoms with E-state index in [1.54, 1.807) is 19.6 Å². The van der Waals surface area contributed by atoms with E-state index in [1.165, 1.54) is 0 Å². The number of nitrogens with two attached hydrogens (primary N) is 1. The van der Waals surface area contributed by atoms with Gasteiger partial charge >= 0.3 is 6.03 Å². The van der Waals surface area contributed by atoms with Crippen LogP contribution in [0.25, 0.3) is 6.08 Å². The molecule has 0 aliphatic rings. The van der Waals surface area contributed by atoms with Gasteiger partial charge in [-0.1, -0.05) is 6.07 Å². The molecule has 2 amide bonds. The number of methoxy groups -OCH3 is 2. The highest BCUT2D eigenvalue weighted by Crippen LogP contribution is 2.28. The highest BCUT2D eigenvalue weighted by atomic mass is 32.2. The Kier molecular flexibility index (Phi) is 5.22. The van der Waals surface area contributed by atoms with Crippen LogP contribution in [0.1, 0.15) is 5.56 Å². The first-order valence-electron chi connectivity index (χ1n) is 4.77. The minimum atomic E-state index is -0.577. The van der Waals surface area contributed by atoms with Crippen molar-refractivity contribution in [1.29, 1.82) is 0 Å². The van der Waals surface area contributed by atoms with E-state index in [4.69, 9.17) is 15.2 Å². The normalized spacial score (nSPS) is 10.2. The SMILES string of the molecule is COc1ccc(C=CSNC(N)=O)cc1OC. The second kappa shape index (κ2) is 6.70. The summed E-state index contributed by atoms with van der Waals surface area (Å²) in [5.74, 6) is 1.33. The van der Waals surface area contributed by atoms with Crippen molar-refractivity contribution in [1.82, 2.24) is 4.72 Å². The third kappa shape index (κ3) is 4.28. The first kappa shape index (κ1) is 13.2. The standard InChI is InChI=1S/C11H14N2O3S/c1-15-9-4-3-8(7-10(9)16-2)5-6-17-13-11(12)14/h3-7H,1-2H3,(H3,12,13,14). The molecule has 0 bridgehead atoms. The summed E-state index contributed by atoms with van der Waals surface area (Å²) < 4.78 is 12.7. The molecule has 0 unspecified atom stereocenters. The molecule has 0 atom stereocenters. The maximum atomic E-state index is 10.4. The monoisotopic (exact) mass is 254 g/mol. The molecular formula is C11H14N2O3S. The number of primary amides is 1. The summed E-state index contributed by atoms with van der Waals surface area (Å²) in [4.78, 5) is 10.4. The predicted molar refractivity (Wildman–Crippen MR) is 68.9 cm³/mol. The van der Waals surface area contributed by atoms with Crippen LogP contribution >= 0.6 is 11.9 Å². The lowest BCUT2D eigenvalue weighted by atomic mass is 10.2. The number of urea groups is 1. The van der Waals surface area contributed by atoms with Crippen molar-refractivity contribution in [3.63, 3.8) is 0 Å². The van der Waals surface area contributed by atoms with Gasteiger partial charge in [0.25, 0.3) is 0 Å². The fourth-order valence-electron chi connectivity index (χ4n) is 1.16. The van der Waals surface area contributed by atoms with Gasteiger partial charge in [-0.05, 0) is 41.1 Å². The number of rotatable bonds is 5.